The van der Waals surface area contributed by atoms with Crippen molar-refractivity contribution < 1.29 is 0 Å². The number of allylic oxidation sites excluding steroid dienone is 5. The van der Waals surface area contributed by atoms with Gasteiger partial charge in [-0.1, -0.05) is 39.8 Å². The van der Waals surface area contributed by atoms with E-state index in [9.17, 15) is 5.26 Å². The summed E-state index contributed by atoms with van der Waals surface area (Å²) in [4.78, 5) is 4.24. The third kappa shape index (κ3) is 4.46. The van der Waals surface area contributed by atoms with E-state index in [-0.39, 0.29) is 0 Å². The first-order valence-electron chi connectivity index (χ1n) is 8.07. The molecule has 3 heteroatoms. The fourth-order valence-corrected chi connectivity index (χ4v) is 2.55. The van der Waals surface area contributed by atoms with Crippen molar-refractivity contribution in [3.63, 3.8) is 0 Å². The van der Waals surface area contributed by atoms with Crippen LogP contribution in [0.5, 0.6) is 0 Å². The molecule has 1 aromatic heterocycles. The lowest BCUT2D eigenvalue weighted by molar-refractivity contribution is 0.748. The maximum absolute atomic E-state index is 9.65. The summed E-state index contributed by atoms with van der Waals surface area (Å²) in [6.45, 7) is 13.2. The molecule has 0 saturated heterocycles. The summed E-state index contributed by atoms with van der Waals surface area (Å²) in [5, 5.41) is 9.65. The monoisotopic (exact) mass is 297 g/mol. The second-order valence-electron chi connectivity index (χ2n) is 5.40. The first-order chi connectivity index (χ1) is 10.6. The van der Waals surface area contributed by atoms with E-state index in [1.807, 2.05) is 13.1 Å². The molecule has 1 heterocycles. The molecule has 0 spiro atoms. The maximum atomic E-state index is 9.65. The molecule has 0 aliphatic heterocycles. The number of hydrogen-bond donors (Lipinski definition) is 0. The third-order valence-corrected chi connectivity index (χ3v) is 3.86. The highest BCUT2D eigenvalue weighted by Crippen LogP contribution is 2.26. The minimum atomic E-state index is 0.685. The van der Waals surface area contributed by atoms with Gasteiger partial charge in [-0.3, -0.25) is 0 Å². The molecule has 0 bridgehead atoms. The molecule has 0 unspecified atom stereocenters. The van der Waals surface area contributed by atoms with Gasteiger partial charge in [0.15, 0.2) is 0 Å². The van der Waals surface area contributed by atoms with Crippen LogP contribution < -0.4 is 0 Å². The lowest BCUT2D eigenvalue weighted by Crippen LogP contribution is -2.05. The molecule has 1 rings (SSSR count). The number of aromatic nitrogens is 2. The van der Waals surface area contributed by atoms with Gasteiger partial charge in [-0.2, -0.15) is 5.26 Å². The third-order valence-electron chi connectivity index (χ3n) is 3.86. The summed E-state index contributed by atoms with van der Waals surface area (Å²) in [5.41, 5.74) is 4.02. The van der Waals surface area contributed by atoms with Gasteiger partial charge < -0.3 is 4.57 Å². The average molecular weight is 297 g/mol. The molecule has 0 saturated carbocycles. The summed E-state index contributed by atoms with van der Waals surface area (Å²) >= 11 is 0. The van der Waals surface area contributed by atoms with Crippen molar-refractivity contribution in [3.8, 4) is 6.07 Å². The fourth-order valence-electron chi connectivity index (χ4n) is 2.55. The van der Waals surface area contributed by atoms with Crippen molar-refractivity contribution in [2.45, 2.75) is 59.9 Å². The highest BCUT2D eigenvalue weighted by atomic mass is 15.0. The van der Waals surface area contributed by atoms with E-state index in [2.05, 4.69) is 49.0 Å². The lowest BCUT2D eigenvalue weighted by atomic mass is 9.92. The topological polar surface area (TPSA) is 41.6 Å². The molecule has 0 atom stereocenters. The van der Waals surface area contributed by atoms with Crippen LogP contribution in [-0.4, -0.2) is 9.55 Å². The molecule has 0 aliphatic carbocycles. The van der Waals surface area contributed by atoms with Gasteiger partial charge in [-0.25, -0.2) is 4.98 Å². The Morgan fingerprint density at radius 1 is 1.36 bits per heavy atom. The smallest absolute Gasteiger partial charge is 0.105 e. The number of unbranched alkanes of at least 4 members (excludes halogenated alkanes) is 1. The van der Waals surface area contributed by atoms with Crippen LogP contribution in [0.15, 0.2) is 47.3 Å². The Hall–Kier alpha value is -2.08. The Morgan fingerprint density at radius 2 is 2.09 bits per heavy atom. The number of nitrogens with zero attached hydrogens (tertiary/aromatic N) is 3. The molecule has 0 aromatic carbocycles. The fraction of sp³-hybridized carbons (Fsp3) is 0.474. The van der Waals surface area contributed by atoms with Gasteiger partial charge in [-0.05, 0) is 42.9 Å². The molecule has 1 aromatic rings. The van der Waals surface area contributed by atoms with E-state index < -0.39 is 0 Å². The molecule has 0 fully saturated rings. The molecule has 0 radical (unpaired) electrons. The van der Waals surface area contributed by atoms with E-state index in [4.69, 9.17) is 0 Å². The highest BCUT2D eigenvalue weighted by Gasteiger charge is 2.13. The predicted molar refractivity (Wildman–Crippen MR) is 92.3 cm³/mol. The minimum Gasteiger partial charge on any atom is -0.331 e. The Bertz CT molecular complexity index is 609. The first-order valence-corrected chi connectivity index (χ1v) is 8.07. The molecule has 3 nitrogen and oxygen atoms in total. The van der Waals surface area contributed by atoms with Crippen LogP contribution in [0.1, 0.15) is 52.3 Å². The van der Waals surface area contributed by atoms with Crippen LogP contribution in [-0.2, 0) is 6.54 Å². The van der Waals surface area contributed by atoms with Crippen molar-refractivity contribution in [1.82, 2.24) is 9.55 Å². The second kappa shape index (κ2) is 9.04. The summed E-state index contributed by atoms with van der Waals surface area (Å²) in [6, 6.07) is 2.41. The standard InChI is InChI=1S/C19H27N3/c1-6-9-10-17(7-2)19(13-20)18(8-3)15(4)14-22-12-11-21-16(22)5/h10-12H,4,6-9,14H2,1-3,5H3/b17-10-,19-18-. The van der Waals surface area contributed by atoms with Crippen molar-refractivity contribution in [2.75, 3.05) is 0 Å². The van der Waals surface area contributed by atoms with Crippen LogP contribution >= 0.6 is 0 Å². The Kier molecular flexibility index (Phi) is 7.39. The highest BCUT2D eigenvalue weighted by molar-refractivity contribution is 5.51. The summed E-state index contributed by atoms with van der Waals surface area (Å²) in [6.07, 6.45) is 9.75. The van der Waals surface area contributed by atoms with E-state index in [0.29, 0.717) is 6.54 Å². The van der Waals surface area contributed by atoms with Gasteiger partial charge in [0.1, 0.15) is 5.82 Å². The zero-order valence-electron chi connectivity index (χ0n) is 14.3. The minimum absolute atomic E-state index is 0.685. The van der Waals surface area contributed by atoms with Gasteiger partial charge in [-0.15, -0.1) is 0 Å². The molecule has 118 valence electrons. The normalized spacial score (nSPS) is 12.8. The maximum Gasteiger partial charge on any atom is 0.105 e. The van der Waals surface area contributed by atoms with Crippen molar-refractivity contribution in [2.24, 2.45) is 0 Å². The molecular weight excluding hydrogens is 270 g/mol. The molecule has 0 aliphatic rings. The molecule has 22 heavy (non-hydrogen) atoms. The van der Waals surface area contributed by atoms with Gasteiger partial charge in [0.2, 0.25) is 0 Å². The van der Waals surface area contributed by atoms with Crippen LogP contribution in [0.3, 0.4) is 0 Å². The van der Waals surface area contributed by atoms with Gasteiger partial charge in [0, 0.05) is 18.9 Å². The zero-order valence-corrected chi connectivity index (χ0v) is 14.3. The van der Waals surface area contributed by atoms with Crippen molar-refractivity contribution in [1.29, 1.82) is 5.26 Å². The Morgan fingerprint density at radius 3 is 2.55 bits per heavy atom. The zero-order chi connectivity index (χ0) is 16.5. The largest absolute Gasteiger partial charge is 0.331 e. The van der Waals surface area contributed by atoms with Crippen LogP contribution in [0.4, 0.5) is 0 Å². The Labute approximate surface area is 134 Å². The number of nitriles is 1. The van der Waals surface area contributed by atoms with Gasteiger partial charge in [0.05, 0.1) is 11.6 Å². The summed E-state index contributed by atoms with van der Waals surface area (Å²) < 4.78 is 2.06. The van der Waals surface area contributed by atoms with Crippen molar-refractivity contribution >= 4 is 0 Å². The van der Waals surface area contributed by atoms with E-state index in [0.717, 1.165) is 53.8 Å². The van der Waals surface area contributed by atoms with E-state index in [1.54, 1.807) is 6.20 Å². The number of imidazole rings is 1. The average Bonchev–Trinajstić information content (AvgIpc) is 2.91. The SMILES string of the molecule is C=C(Cn1ccnc1C)/C(CC)=C(C#N)\C(=C/CCC)CC. The Balaban J connectivity index is 3.15. The van der Waals surface area contributed by atoms with E-state index in [1.165, 1.54) is 0 Å². The number of hydrogen-bond acceptors (Lipinski definition) is 2. The lowest BCUT2D eigenvalue weighted by Gasteiger charge is -2.15. The molecule has 0 amide bonds. The number of rotatable bonds is 8. The van der Waals surface area contributed by atoms with Gasteiger partial charge in [0.25, 0.3) is 0 Å². The first kappa shape index (κ1) is 18.0. The quantitative estimate of drug-likeness (QED) is 0.494. The number of aryl methyl sites for hydroxylation is 1. The predicted octanol–water partition coefficient (Wildman–Crippen LogP) is 5.11. The summed E-state index contributed by atoms with van der Waals surface area (Å²) in [5.74, 6) is 0.965. The molecule has 0 N–H and O–H groups in total. The summed E-state index contributed by atoms with van der Waals surface area (Å²) in [7, 11) is 0. The van der Waals surface area contributed by atoms with E-state index >= 15 is 0 Å². The van der Waals surface area contributed by atoms with Crippen molar-refractivity contribution in [3.05, 3.63) is 53.2 Å². The van der Waals surface area contributed by atoms with Crippen LogP contribution in [0.25, 0.3) is 0 Å². The van der Waals surface area contributed by atoms with Gasteiger partial charge >= 0.3 is 0 Å². The van der Waals surface area contributed by atoms with Crippen LogP contribution in [0, 0.1) is 18.3 Å². The van der Waals surface area contributed by atoms with Crippen LogP contribution in [0.2, 0.25) is 0 Å². The second-order valence-corrected chi connectivity index (χ2v) is 5.40. The molecular formula is C19H27N3.